The predicted molar refractivity (Wildman–Crippen MR) is 81.4 cm³/mol. The molecule has 0 amide bonds. The van der Waals surface area contributed by atoms with Crippen LogP contribution in [0.15, 0.2) is 0 Å². The third kappa shape index (κ3) is 259. The van der Waals surface area contributed by atoms with E-state index in [0.29, 0.717) is 6.47 Å². The van der Waals surface area contributed by atoms with Crippen molar-refractivity contribution in [3.63, 3.8) is 0 Å². The molecule has 0 unspecified atom stereocenters. The van der Waals surface area contributed by atoms with E-state index in [9.17, 15) is 4.79 Å². The maximum absolute atomic E-state index is 9.74. The number of carbonyl (C=O) groups is 1. The molecule has 9 N–H and O–H groups in total. The number of hydrogen-bond donors (Lipinski definition) is 2. The van der Waals surface area contributed by atoms with Crippen LogP contribution in [0.3, 0.4) is 0 Å². The van der Waals surface area contributed by atoms with E-state index in [4.69, 9.17) is 15.0 Å². The van der Waals surface area contributed by atoms with E-state index in [1.165, 1.54) is 14.2 Å². The molecular weight excluding hydrogens is 454 g/mol. The van der Waals surface area contributed by atoms with Crippen LogP contribution >= 0.6 is 24.8 Å². The first-order valence-corrected chi connectivity index (χ1v) is 2.30. The molecule has 0 aromatic carbocycles. The van der Waals surface area contributed by atoms with Gasteiger partial charge in [-0.05, 0) is 0 Å². The molecule has 0 aliphatic carbocycles. The molecule has 0 fully saturated rings. The molecule has 0 saturated carbocycles. The first kappa shape index (κ1) is 125. The van der Waals surface area contributed by atoms with Crippen LogP contribution in [0.4, 0.5) is 4.79 Å². The van der Waals surface area contributed by atoms with Crippen LogP contribution in [0.25, 0.3) is 0 Å². The maximum atomic E-state index is 9.74. The SMILES string of the molecule is C.CO.COC(=O)OC.Cl.Cl.O.O.O.O=[C-]O.[Ca+2].[Ca+2].[Cl-].[Cl-].[OH-]. The molecule has 16 heteroatoms. The van der Waals surface area contributed by atoms with Crippen LogP contribution in [0.1, 0.15) is 7.43 Å². The Morgan fingerprint density at radius 2 is 1.00 bits per heavy atom. The Bertz CT molecular complexity index is 103. The largest absolute Gasteiger partial charge is 2.00 e. The second kappa shape index (κ2) is 170. The number of hydrogen-bond acceptors (Lipinski definition) is 6. The third-order valence-corrected chi connectivity index (χ3v) is 0.333. The Hall–Kier alpha value is 2.22. The van der Waals surface area contributed by atoms with E-state index in [2.05, 4.69) is 9.47 Å². The second-order valence-electron chi connectivity index (χ2n) is 0.750. The summed E-state index contributed by atoms with van der Waals surface area (Å²) in [5, 5.41) is 13.8. The van der Waals surface area contributed by atoms with Gasteiger partial charge in [-0.25, -0.2) is 4.79 Å². The summed E-state index contributed by atoms with van der Waals surface area (Å²) >= 11 is 0. The van der Waals surface area contributed by atoms with Crippen LogP contribution in [0.2, 0.25) is 0 Å². The topological polar surface area (TPSA) is 218 Å². The zero-order valence-electron chi connectivity index (χ0n) is 11.5. The average Bonchev–Trinajstić information content (AvgIpc) is 2.08. The number of aliphatic hydroxyl groups is 1. The van der Waals surface area contributed by atoms with Crippen molar-refractivity contribution in [2.45, 2.75) is 7.43 Å². The standard InChI is InChI=1S/C3H6O3.CHO2.CH4O.CH4.2Ca.4ClH.4H2O/c1-5-3(4)6-2;2-1-3;1-2;;;;;;;;;;;/h1-2H3;(H,2,3);2H,1H3;1H4;;;4*1H;4*1H2/q;-1;;;2*+2;;;;;;;;/p-3. The molecule has 0 radical (unpaired) electrons. The van der Waals surface area contributed by atoms with Crippen LogP contribution in [0, 0.1) is 0 Å². The van der Waals surface area contributed by atoms with Crippen molar-refractivity contribution in [2.24, 2.45) is 0 Å². The Balaban J connectivity index is -0.00000000312. The molecule has 0 aliphatic heterocycles. The van der Waals surface area contributed by atoms with Crippen molar-refractivity contribution in [2.75, 3.05) is 21.3 Å². The van der Waals surface area contributed by atoms with Gasteiger partial charge >= 0.3 is 81.6 Å². The minimum Gasteiger partial charge on any atom is -1.00 e. The van der Waals surface area contributed by atoms with Gasteiger partial charge in [0.2, 0.25) is 0 Å². The summed E-state index contributed by atoms with van der Waals surface area (Å²) in [5.41, 5.74) is 0. The molecule has 140 valence electrons. The zero-order chi connectivity index (χ0) is 9.70. The van der Waals surface area contributed by atoms with Gasteiger partial charge in [-0.2, -0.15) is 0 Å². The van der Waals surface area contributed by atoms with Gasteiger partial charge in [-0.1, -0.05) is 13.9 Å². The fourth-order valence-corrected chi connectivity index (χ4v) is 0.0833. The van der Waals surface area contributed by atoms with Crippen molar-refractivity contribution >= 4 is 113 Å². The summed E-state index contributed by atoms with van der Waals surface area (Å²) in [6.45, 7) is 0.500. The van der Waals surface area contributed by atoms with Gasteiger partial charge < -0.3 is 71.2 Å². The van der Waals surface area contributed by atoms with Gasteiger partial charge in [0, 0.05) is 7.11 Å². The van der Waals surface area contributed by atoms with Gasteiger partial charge in [0.15, 0.2) is 0 Å². The van der Waals surface area contributed by atoms with Crippen molar-refractivity contribution in [1.82, 2.24) is 0 Å². The third-order valence-electron chi connectivity index (χ3n) is 0.333. The molecule has 10 nitrogen and oxygen atoms in total. The minimum absolute atomic E-state index is 0. The van der Waals surface area contributed by atoms with E-state index in [0.717, 1.165) is 7.11 Å². The fraction of sp³-hybridized carbons (Fsp3) is 0.667. The second-order valence-corrected chi connectivity index (χ2v) is 0.750. The van der Waals surface area contributed by atoms with Crippen LogP contribution in [-0.2, 0) is 14.3 Å². The number of carbonyl (C=O) groups excluding carboxylic acids is 1. The summed E-state index contributed by atoms with van der Waals surface area (Å²) < 4.78 is 8.08. The number of rotatable bonds is 0. The van der Waals surface area contributed by atoms with Crippen molar-refractivity contribution < 1.29 is 76.0 Å². The average molecular weight is 478 g/mol. The number of halogens is 4. The predicted octanol–water partition coefficient (Wildman–Crippen LogP) is -8.31. The van der Waals surface area contributed by atoms with E-state index >= 15 is 0 Å². The monoisotopic (exact) mass is 476 g/mol. The van der Waals surface area contributed by atoms with E-state index in [1.807, 2.05) is 0 Å². The van der Waals surface area contributed by atoms with Gasteiger partial charge in [0.25, 0.3) is 0 Å². The molecular formula is C6H24Ca2Cl4O10. The Labute approximate surface area is 214 Å². The smallest absolute Gasteiger partial charge is 1.00 e. The summed E-state index contributed by atoms with van der Waals surface area (Å²) in [4.78, 5) is 18.0. The van der Waals surface area contributed by atoms with E-state index in [-0.39, 0.29) is 154 Å². The number of aliphatic hydroxyl groups excluding tert-OH is 2. The zero-order valence-corrected chi connectivity index (χ0v) is 19.0. The molecule has 0 bridgehead atoms. The van der Waals surface area contributed by atoms with Crippen LogP contribution in [0.5, 0.6) is 0 Å². The number of methoxy groups -OCH3 is 2. The van der Waals surface area contributed by atoms with E-state index < -0.39 is 6.16 Å². The normalized spacial score (nSPS) is 2.73. The summed E-state index contributed by atoms with van der Waals surface area (Å²) in [7, 11) is 3.51. The molecule has 0 saturated heterocycles. The minimum atomic E-state index is -0.657. The molecule has 22 heavy (non-hydrogen) atoms. The Morgan fingerprint density at radius 1 is 0.909 bits per heavy atom. The molecule has 0 rings (SSSR count). The molecule has 0 aromatic heterocycles. The fourth-order valence-electron chi connectivity index (χ4n) is 0.0833. The summed E-state index contributed by atoms with van der Waals surface area (Å²) in [6.07, 6.45) is -0.657. The number of ether oxygens (including phenoxy) is 2. The van der Waals surface area contributed by atoms with E-state index in [1.54, 1.807) is 0 Å². The maximum Gasteiger partial charge on any atom is 2.00 e. The van der Waals surface area contributed by atoms with Gasteiger partial charge in [0.1, 0.15) is 0 Å². The van der Waals surface area contributed by atoms with Gasteiger partial charge in [-0.3, -0.25) is 0 Å². The van der Waals surface area contributed by atoms with Gasteiger partial charge in [-0.15, -0.1) is 24.8 Å². The van der Waals surface area contributed by atoms with Crippen molar-refractivity contribution in [3.8, 4) is 0 Å². The van der Waals surface area contributed by atoms with Crippen LogP contribution in [-0.4, -0.2) is 142 Å². The molecule has 0 heterocycles. The van der Waals surface area contributed by atoms with Crippen molar-refractivity contribution in [3.05, 3.63) is 0 Å². The first-order chi connectivity index (χ1) is 5.22. The summed E-state index contributed by atoms with van der Waals surface area (Å²) in [6, 6.07) is 0. The van der Waals surface area contributed by atoms with Crippen LogP contribution < -0.4 is 24.8 Å². The molecule has 0 aromatic rings. The van der Waals surface area contributed by atoms with Crippen molar-refractivity contribution in [1.29, 1.82) is 0 Å². The Kier molecular flexibility index (Phi) is 964. The first-order valence-electron chi connectivity index (χ1n) is 2.30. The quantitative estimate of drug-likeness (QED) is 0.194. The van der Waals surface area contributed by atoms with Gasteiger partial charge in [0.05, 0.1) is 14.2 Å². The molecule has 0 aliphatic rings. The summed E-state index contributed by atoms with van der Waals surface area (Å²) in [5.74, 6) is 0. The Morgan fingerprint density at radius 3 is 1.00 bits per heavy atom. The molecule has 0 atom stereocenters. The molecule has 0 spiro atoms.